The van der Waals surface area contributed by atoms with Crippen LogP contribution in [-0.4, -0.2) is 113 Å². The summed E-state index contributed by atoms with van der Waals surface area (Å²) in [5.41, 5.74) is 0. The van der Waals surface area contributed by atoms with Gasteiger partial charge in [-0.3, -0.25) is 7.32 Å². The largest absolute Gasteiger partial charge is 0.907 e. The highest BCUT2D eigenvalue weighted by Crippen LogP contribution is 1.99. The monoisotopic (exact) mass is 501 g/mol. The minimum atomic E-state index is -2.92. The molecule has 0 unspecified atom stereocenters. The van der Waals surface area contributed by atoms with Crippen molar-refractivity contribution in [1.29, 1.82) is 0 Å². The van der Waals surface area contributed by atoms with Crippen LogP contribution in [0.15, 0.2) is 0 Å². The van der Waals surface area contributed by atoms with Crippen LogP contribution in [0.4, 0.5) is 8.78 Å². The van der Waals surface area contributed by atoms with Gasteiger partial charge in [0.15, 0.2) is 0 Å². The van der Waals surface area contributed by atoms with Crippen molar-refractivity contribution in [3.05, 3.63) is 0 Å². The van der Waals surface area contributed by atoms with E-state index in [2.05, 4.69) is 83.5 Å². The van der Waals surface area contributed by atoms with Gasteiger partial charge in [0.05, 0.1) is 80.0 Å². The third-order valence-corrected chi connectivity index (χ3v) is 7.03. The Morgan fingerprint density at radius 2 is 0.588 bits per heavy atom. The van der Waals surface area contributed by atoms with Crippen LogP contribution in [0.1, 0.15) is 62.3 Å². The average Bonchev–Trinajstić information content (AvgIpc) is 2.83. The molecule has 0 rings (SSSR count). The summed E-state index contributed by atoms with van der Waals surface area (Å²) in [6.45, 7) is 31.5. The summed E-state index contributed by atoms with van der Waals surface area (Å²) >= 11 is 0. The van der Waals surface area contributed by atoms with E-state index in [-0.39, 0.29) is 0 Å². The normalized spacial score (nSPS) is 10.6. The highest BCUT2D eigenvalue weighted by molar-refractivity contribution is 6.28. The fourth-order valence-electron chi connectivity index (χ4n) is 2.01. The quantitative estimate of drug-likeness (QED) is 0.188. The van der Waals surface area contributed by atoms with Crippen molar-refractivity contribution in [3.8, 4) is 0 Å². The Labute approximate surface area is 209 Å². The lowest BCUT2D eigenvalue weighted by molar-refractivity contribution is -0.904. The van der Waals surface area contributed by atoms with Crippen molar-refractivity contribution in [2.24, 2.45) is 0 Å². The average molecular weight is 502 g/mol. The second-order valence-electron chi connectivity index (χ2n) is 8.54. The molecule has 0 aliphatic heterocycles. The van der Waals surface area contributed by atoms with Crippen molar-refractivity contribution in [1.82, 2.24) is 0 Å². The van der Waals surface area contributed by atoms with Crippen molar-refractivity contribution >= 4 is 19.4 Å². The van der Waals surface area contributed by atoms with Crippen LogP contribution in [0.2, 0.25) is 0 Å². The molecule has 0 radical (unpaired) electrons. The minimum absolute atomic E-state index is 1.21. The van der Waals surface area contributed by atoms with Gasteiger partial charge in [0.2, 0.25) is 0 Å². The Morgan fingerprint density at radius 1 is 0.500 bits per heavy atom. The molecule has 0 saturated carbocycles. The van der Waals surface area contributed by atoms with Gasteiger partial charge < -0.3 is 28.5 Å². The molecule has 0 aromatic rings. The molecular weight excluding hydrogens is 447 g/mol. The second kappa shape index (κ2) is 25.1. The maximum absolute atomic E-state index is 10.5. The third-order valence-electron chi connectivity index (χ3n) is 7.03. The Morgan fingerprint density at radius 3 is 0.588 bits per heavy atom. The molecule has 8 nitrogen and oxygen atoms in total. The van der Waals surface area contributed by atoms with Crippen molar-refractivity contribution in [2.75, 3.05) is 80.0 Å². The zero-order valence-corrected chi connectivity index (χ0v) is 24.1. The van der Waals surface area contributed by atoms with E-state index in [9.17, 15) is 8.78 Å². The van der Waals surface area contributed by atoms with Gasteiger partial charge in [-0.05, 0) is 62.3 Å². The van der Waals surface area contributed by atoms with Crippen LogP contribution in [0.3, 0.4) is 0 Å². The van der Waals surface area contributed by atoms with Gasteiger partial charge in [-0.2, -0.15) is 8.78 Å². The number of carbonyl (C=O) groups is 2. The molecule has 208 valence electrons. The molecule has 0 fully saturated rings. The lowest BCUT2D eigenvalue weighted by atomic mass is 10.3. The van der Waals surface area contributed by atoms with Crippen molar-refractivity contribution < 1.29 is 46.9 Å². The fraction of sp³-hybridized carbons (Fsp3) is 0.913. The van der Waals surface area contributed by atoms with Crippen LogP contribution < -0.4 is 15.1 Å². The van der Waals surface area contributed by atoms with Gasteiger partial charge in [0, 0.05) is 0 Å². The summed E-state index contributed by atoms with van der Waals surface area (Å²) in [6.07, 6.45) is 0. The molecule has 0 aliphatic rings. The lowest BCUT2D eigenvalue weighted by Gasteiger charge is -2.35. The van der Waals surface area contributed by atoms with E-state index in [0.29, 0.717) is 0 Å². The van der Waals surface area contributed by atoms with E-state index in [1.807, 2.05) is 0 Å². The predicted molar refractivity (Wildman–Crippen MR) is 131 cm³/mol. The summed E-state index contributed by atoms with van der Waals surface area (Å²) in [7, 11) is 3.96. The van der Waals surface area contributed by atoms with Gasteiger partial charge in [0.1, 0.15) is 0 Å². The number of rotatable bonds is 10. The van der Waals surface area contributed by atoms with Crippen LogP contribution >= 0.6 is 0 Å². The van der Waals surface area contributed by atoms with E-state index in [1.165, 1.54) is 72.4 Å². The summed E-state index contributed by atoms with van der Waals surface area (Å²) in [5.74, 6) is 0. The predicted octanol–water partition coefficient (Wildman–Crippen LogP) is 0.509. The zero-order chi connectivity index (χ0) is 28.6. The molecule has 0 aromatic heterocycles. The highest BCUT2D eigenvalue weighted by atomic mass is 19.2. The minimum Gasteiger partial charge on any atom is -0.907 e. The molecule has 34 heavy (non-hydrogen) atoms. The first-order chi connectivity index (χ1) is 15.4. The van der Waals surface area contributed by atoms with E-state index in [0.717, 1.165) is 0 Å². The SMILES string of the molecule is CC[N+](C)(CC)CC.CC[N+](C)(CC)CC.CC[N+](C)(CC)CC.O=C(F)C(=O)F.[O-]B([O-])[O-]. The molecule has 0 aliphatic carbocycles. The number of nitrogens with zero attached hydrogens (tertiary/aromatic N) is 3. The summed E-state index contributed by atoms with van der Waals surface area (Å²) in [6, 6.07) is -5.09. The summed E-state index contributed by atoms with van der Waals surface area (Å²) in [4.78, 5) is 17.5. The first kappa shape index (κ1) is 43.1. The molecule has 0 saturated heterocycles. The first-order valence-corrected chi connectivity index (χ1v) is 12.3. The first-order valence-electron chi connectivity index (χ1n) is 12.3. The van der Waals surface area contributed by atoms with Crippen LogP contribution in [0.5, 0.6) is 0 Å². The Bertz CT molecular complexity index is 393. The van der Waals surface area contributed by atoms with Gasteiger partial charge in [-0.25, -0.2) is 9.59 Å². The molecular formula is C23H54BF2N3O5. The van der Waals surface area contributed by atoms with E-state index in [4.69, 9.17) is 24.7 Å². The summed E-state index contributed by atoms with van der Waals surface area (Å²) < 4.78 is 24.5. The summed E-state index contributed by atoms with van der Waals surface area (Å²) in [5, 5.41) is 25.2. The molecule has 0 aromatic carbocycles. The molecule has 0 bridgehead atoms. The number of halogens is 2. The van der Waals surface area contributed by atoms with Crippen molar-refractivity contribution in [2.45, 2.75) is 62.3 Å². The maximum atomic E-state index is 10.5. The van der Waals surface area contributed by atoms with Crippen LogP contribution in [0.25, 0.3) is 0 Å². The number of quaternary nitrogens is 3. The number of hydrogen-bond donors (Lipinski definition) is 0. The Balaban J connectivity index is -0.000000105. The third kappa shape index (κ3) is 31.0. The van der Waals surface area contributed by atoms with Crippen LogP contribution in [0, 0.1) is 0 Å². The topological polar surface area (TPSA) is 103 Å². The van der Waals surface area contributed by atoms with Gasteiger partial charge in [-0.1, -0.05) is 0 Å². The number of carbonyl (C=O) groups excluding carboxylic acids is 2. The molecule has 0 spiro atoms. The Kier molecular flexibility index (Phi) is 31.9. The van der Waals surface area contributed by atoms with Gasteiger partial charge in [0.25, 0.3) is 0 Å². The fourth-order valence-corrected chi connectivity index (χ4v) is 2.01. The van der Waals surface area contributed by atoms with E-state index in [1.54, 1.807) is 0 Å². The standard InChI is InChI=1S/3C7H18N.C2F2O2.BO3/c3*1-5-8(4,6-2)7-3;3-1(5)2(4)6;2-1(3)4/h3*5-7H2,1-4H3;;/q3*+1;;-3. The molecule has 11 heteroatoms. The van der Waals surface area contributed by atoms with Gasteiger partial charge >= 0.3 is 12.1 Å². The molecule has 0 atom stereocenters. The molecule has 0 N–H and O–H groups in total. The molecule has 0 heterocycles. The van der Waals surface area contributed by atoms with Crippen molar-refractivity contribution in [3.63, 3.8) is 0 Å². The number of hydrogen-bond acceptors (Lipinski definition) is 5. The second-order valence-corrected chi connectivity index (χ2v) is 8.54. The maximum Gasteiger partial charge on any atom is 0.401 e. The highest BCUT2D eigenvalue weighted by Gasteiger charge is 2.12. The van der Waals surface area contributed by atoms with Crippen LogP contribution in [-0.2, 0) is 9.59 Å². The molecule has 0 amide bonds. The smallest absolute Gasteiger partial charge is 0.401 e. The zero-order valence-electron chi connectivity index (χ0n) is 24.1. The lowest BCUT2D eigenvalue weighted by Crippen LogP contribution is -2.56. The van der Waals surface area contributed by atoms with E-state index >= 15 is 0 Å². The van der Waals surface area contributed by atoms with Gasteiger partial charge in [-0.15, -0.1) is 0 Å². The Hall–Kier alpha value is -0.975. The van der Waals surface area contributed by atoms with E-state index < -0.39 is 19.4 Å².